The number of halogens is 1. The van der Waals surface area contributed by atoms with Crippen molar-refractivity contribution in [2.24, 2.45) is 0 Å². The van der Waals surface area contributed by atoms with Gasteiger partial charge in [-0.1, -0.05) is 48.0 Å². The Morgan fingerprint density at radius 2 is 1.81 bits per heavy atom. The Balaban J connectivity index is 2.16. The van der Waals surface area contributed by atoms with E-state index in [9.17, 15) is 10.1 Å². The molecule has 0 aliphatic carbocycles. The van der Waals surface area contributed by atoms with Crippen LogP contribution in [0.25, 0.3) is 10.9 Å². The van der Waals surface area contributed by atoms with Crippen molar-refractivity contribution in [1.82, 2.24) is 4.98 Å². The lowest BCUT2D eigenvalue weighted by atomic mass is 9.91. The van der Waals surface area contributed by atoms with Gasteiger partial charge in [-0.3, -0.25) is 10.1 Å². The van der Waals surface area contributed by atoms with Gasteiger partial charge in [0.05, 0.1) is 5.92 Å². The molecule has 1 N–H and O–H groups in total. The monoisotopic (exact) mass is 300 g/mol. The third-order valence-corrected chi connectivity index (χ3v) is 3.95. The summed E-state index contributed by atoms with van der Waals surface area (Å²) < 4.78 is 0. The first-order valence-corrected chi connectivity index (χ1v) is 6.97. The number of nitro groups is 1. The normalized spacial score (nSPS) is 12.4. The number of rotatable bonds is 4. The molecule has 0 amide bonds. The summed E-state index contributed by atoms with van der Waals surface area (Å²) in [6.07, 6.45) is 1.84. The molecule has 0 aliphatic heterocycles. The Morgan fingerprint density at radius 3 is 2.57 bits per heavy atom. The smallest absolute Gasteiger partial charge is 0.214 e. The lowest BCUT2D eigenvalue weighted by molar-refractivity contribution is -0.481. The van der Waals surface area contributed by atoms with Crippen LogP contribution in [0.5, 0.6) is 0 Å². The first kappa shape index (κ1) is 13.6. The number of aromatic nitrogens is 1. The minimum atomic E-state index is -0.371. The molecule has 1 heterocycles. The fourth-order valence-corrected chi connectivity index (χ4v) is 2.92. The van der Waals surface area contributed by atoms with Crippen LogP contribution in [-0.2, 0) is 0 Å². The maximum Gasteiger partial charge on any atom is 0.214 e. The van der Waals surface area contributed by atoms with Crippen LogP contribution in [0.2, 0.25) is 5.02 Å². The largest absolute Gasteiger partial charge is 0.361 e. The van der Waals surface area contributed by atoms with Gasteiger partial charge in [0.2, 0.25) is 6.54 Å². The van der Waals surface area contributed by atoms with Gasteiger partial charge in [0.15, 0.2) is 0 Å². The lowest BCUT2D eigenvalue weighted by Crippen LogP contribution is -2.14. The minimum Gasteiger partial charge on any atom is -0.361 e. The zero-order valence-electron chi connectivity index (χ0n) is 11.1. The average molecular weight is 301 g/mol. The number of benzene rings is 2. The summed E-state index contributed by atoms with van der Waals surface area (Å²) in [5.41, 5.74) is 2.64. The van der Waals surface area contributed by atoms with Gasteiger partial charge >= 0.3 is 0 Å². The Morgan fingerprint density at radius 1 is 1.10 bits per heavy atom. The van der Waals surface area contributed by atoms with Gasteiger partial charge in [0, 0.05) is 27.0 Å². The van der Waals surface area contributed by atoms with Gasteiger partial charge in [-0.15, -0.1) is 0 Å². The van der Waals surface area contributed by atoms with E-state index < -0.39 is 0 Å². The third-order valence-electron chi connectivity index (χ3n) is 3.61. The van der Waals surface area contributed by atoms with Gasteiger partial charge in [0.1, 0.15) is 0 Å². The Labute approximate surface area is 126 Å². The number of aromatic amines is 1. The molecule has 0 spiro atoms. The average Bonchev–Trinajstić information content (AvgIpc) is 2.89. The van der Waals surface area contributed by atoms with E-state index in [0.717, 1.165) is 22.0 Å². The molecule has 1 aromatic heterocycles. The van der Waals surface area contributed by atoms with Crippen molar-refractivity contribution in [1.29, 1.82) is 0 Å². The Bertz CT molecular complexity index is 798. The van der Waals surface area contributed by atoms with E-state index in [-0.39, 0.29) is 17.4 Å². The van der Waals surface area contributed by atoms with Gasteiger partial charge < -0.3 is 4.98 Å². The minimum absolute atomic E-state index is 0.189. The highest BCUT2D eigenvalue weighted by Crippen LogP contribution is 2.34. The second-order valence-electron chi connectivity index (χ2n) is 4.88. The van der Waals surface area contributed by atoms with Crippen LogP contribution in [0.1, 0.15) is 17.0 Å². The zero-order valence-corrected chi connectivity index (χ0v) is 11.9. The molecular formula is C16H13ClN2O2. The van der Waals surface area contributed by atoms with Crippen LogP contribution in [-0.4, -0.2) is 16.5 Å². The molecule has 0 radical (unpaired) electrons. The highest BCUT2D eigenvalue weighted by atomic mass is 35.5. The molecule has 1 atom stereocenters. The van der Waals surface area contributed by atoms with Gasteiger partial charge in [-0.05, 0) is 23.3 Å². The van der Waals surface area contributed by atoms with Crippen LogP contribution >= 0.6 is 11.6 Å². The number of fused-ring (bicyclic) bond motifs is 1. The standard InChI is InChI=1S/C16H13ClN2O2/c17-15-7-3-1-5-11(15)14(10-19(20)21)13-9-18-16-8-4-2-6-12(13)16/h1-9,14,18H,10H2/t14-/m0/s1. The molecule has 0 aliphatic rings. The molecule has 106 valence electrons. The summed E-state index contributed by atoms with van der Waals surface area (Å²) in [6.45, 7) is -0.189. The van der Waals surface area contributed by atoms with Gasteiger partial charge in [-0.25, -0.2) is 0 Å². The molecule has 0 bridgehead atoms. The molecule has 21 heavy (non-hydrogen) atoms. The molecule has 4 nitrogen and oxygen atoms in total. The highest BCUT2D eigenvalue weighted by molar-refractivity contribution is 6.31. The van der Waals surface area contributed by atoms with Crippen molar-refractivity contribution in [2.45, 2.75) is 5.92 Å². The predicted octanol–water partition coefficient (Wildman–Crippen LogP) is 4.23. The van der Waals surface area contributed by atoms with Gasteiger partial charge in [0.25, 0.3) is 0 Å². The first-order chi connectivity index (χ1) is 10.2. The topological polar surface area (TPSA) is 58.9 Å². The summed E-state index contributed by atoms with van der Waals surface area (Å²) in [5.74, 6) is -0.371. The molecule has 0 fully saturated rings. The van der Waals surface area contributed by atoms with E-state index in [1.165, 1.54) is 0 Å². The van der Waals surface area contributed by atoms with E-state index in [1.54, 1.807) is 6.07 Å². The van der Waals surface area contributed by atoms with Crippen LogP contribution in [0.4, 0.5) is 0 Å². The van der Waals surface area contributed by atoms with Crippen molar-refractivity contribution in [2.75, 3.05) is 6.54 Å². The first-order valence-electron chi connectivity index (χ1n) is 6.59. The molecule has 3 rings (SSSR count). The molecule has 5 heteroatoms. The summed E-state index contributed by atoms with van der Waals surface area (Å²) >= 11 is 6.24. The highest BCUT2D eigenvalue weighted by Gasteiger charge is 2.24. The number of nitrogens with one attached hydrogen (secondary N) is 1. The summed E-state index contributed by atoms with van der Waals surface area (Å²) in [4.78, 5) is 13.9. The third kappa shape index (κ3) is 2.62. The van der Waals surface area contributed by atoms with E-state index in [2.05, 4.69) is 4.98 Å². The van der Waals surface area contributed by atoms with E-state index in [1.807, 2.05) is 48.7 Å². The molecule has 0 unspecified atom stereocenters. The maximum atomic E-state index is 11.1. The van der Waals surface area contributed by atoms with E-state index in [0.29, 0.717) is 5.02 Å². The van der Waals surface area contributed by atoms with Gasteiger partial charge in [-0.2, -0.15) is 0 Å². The number of nitrogens with zero attached hydrogens (tertiary/aromatic N) is 1. The number of para-hydroxylation sites is 1. The van der Waals surface area contributed by atoms with Crippen LogP contribution in [0.15, 0.2) is 54.7 Å². The molecular weight excluding hydrogens is 288 g/mol. The SMILES string of the molecule is O=[N+]([O-])C[C@@H](c1ccccc1Cl)c1c[nH]c2ccccc12. The summed E-state index contributed by atoms with van der Waals surface area (Å²) in [7, 11) is 0. The summed E-state index contributed by atoms with van der Waals surface area (Å²) in [6, 6.07) is 15.1. The predicted molar refractivity (Wildman–Crippen MR) is 83.5 cm³/mol. The second-order valence-corrected chi connectivity index (χ2v) is 5.29. The van der Waals surface area contributed by atoms with Crippen molar-refractivity contribution in [3.05, 3.63) is 81.0 Å². The quantitative estimate of drug-likeness (QED) is 0.579. The van der Waals surface area contributed by atoms with Crippen molar-refractivity contribution < 1.29 is 4.92 Å². The number of H-pyrrole nitrogens is 1. The Hall–Kier alpha value is -2.33. The van der Waals surface area contributed by atoms with Crippen LogP contribution < -0.4 is 0 Å². The zero-order chi connectivity index (χ0) is 14.8. The van der Waals surface area contributed by atoms with Crippen molar-refractivity contribution in [3.63, 3.8) is 0 Å². The number of hydrogen-bond acceptors (Lipinski definition) is 2. The molecule has 0 saturated carbocycles. The summed E-state index contributed by atoms with van der Waals surface area (Å²) in [5, 5.41) is 12.6. The number of hydrogen-bond donors (Lipinski definition) is 1. The molecule has 0 saturated heterocycles. The van der Waals surface area contributed by atoms with Crippen LogP contribution in [0.3, 0.4) is 0 Å². The van der Waals surface area contributed by atoms with E-state index in [4.69, 9.17) is 11.6 Å². The molecule has 3 aromatic rings. The Kier molecular flexibility index (Phi) is 3.62. The van der Waals surface area contributed by atoms with Crippen molar-refractivity contribution in [3.8, 4) is 0 Å². The second kappa shape index (κ2) is 5.58. The lowest BCUT2D eigenvalue weighted by Gasteiger charge is -2.14. The van der Waals surface area contributed by atoms with Crippen molar-refractivity contribution >= 4 is 22.5 Å². The fraction of sp³-hybridized carbons (Fsp3) is 0.125. The maximum absolute atomic E-state index is 11.1. The van der Waals surface area contributed by atoms with E-state index >= 15 is 0 Å². The molecule has 2 aromatic carbocycles. The van der Waals surface area contributed by atoms with Crippen LogP contribution in [0, 0.1) is 10.1 Å². The fourth-order valence-electron chi connectivity index (χ4n) is 2.65.